The maximum absolute atomic E-state index is 13.6. The number of carbonyl (C=O) groups is 1. The topological polar surface area (TPSA) is 42.0 Å². The zero-order valence-electron chi connectivity index (χ0n) is 12.0. The van der Waals surface area contributed by atoms with Gasteiger partial charge in [0.2, 0.25) is 5.91 Å². The molecule has 4 heteroatoms. The fourth-order valence-electron chi connectivity index (χ4n) is 2.01. The average molecular weight is 274 g/mol. The summed E-state index contributed by atoms with van der Waals surface area (Å²) in [5.74, 6) is -0.351. The second-order valence-corrected chi connectivity index (χ2v) is 5.91. The molecule has 0 aliphatic heterocycles. The van der Waals surface area contributed by atoms with Crippen LogP contribution in [0.3, 0.4) is 0 Å². The van der Waals surface area contributed by atoms with E-state index in [9.17, 15) is 9.18 Å². The molecule has 0 atom stereocenters. The summed E-state index contributed by atoms with van der Waals surface area (Å²) in [7, 11) is 0. The van der Waals surface area contributed by atoms with E-state index in [0.29, 0.717) is 18.4 Å². The summed E-state index contributed by atoms with van der Waals surface area (Å²) in [6.07, 6.45) is 0.858. The smallest absolute Gasteiger partial charge is 0.220 e. The molecular formula is C16H19FN2O. The van der Waals surface area contributed by atoms with Crippen molar-refractivity contribution in [2.24, 2.45) is 0 Å². The zero-order chi connectivity index (χ0) is 14.8. The lowest BCUT2D eigenvalue weighted by molar-refractivity contribution is -0.122. The van der Waals surface area contributed by atoms with Crippen LogP contribution in [-0.4, -0.2) is 16.4 Å². The molecule has 0 saturated heterocycles. The van der Waals surface area contributed by atoms with Crippen LogP contribution in [0.1, 0.15) is 32.9 Å². The van der Waals surface area contributed by atoms with Crippen LogP contribution in [0.15, 0.2) is 30.3 Å². The summed E-state index contributed by atoms with van der Waals surface area (Å²) >= 11 is 0. The normalized spacial score (nSPS) is 11.6. The Bertz CT molecular complexity index is 632. The van der Waals surface area contributed by atoms with Gasteiger partial charge in [0.05, 0.1) is 0 Å². The van der Waals surface area contributed by atoms with Crippen LogP contribution < -0.4 is 5.32 Å². The van der Waals surface area contributed by atoms with E-state index in [0.717, 1.165) is 11.1 Å². The second kappa shape index (κ2) is 5.57. The summed E-state index contributed by atoms with van der Waals surface area (Å²) in [6.45, 7) is 5.82. The molecule has 1 N–H and O–H groups in total. The predicted octanol–water partition coefficient (Wildman–Crippen LogP) is 3.22. The number of hydrogen-bond acceptors (Lipinski definition) is 2. The molecule has 0 fully saturated rings. The molecule has 1 heterocycles. The molecule has 2 aromatic rings. The number of fused-ring (bicyclic) bond motifs is 1. The summed E-state index contributed by atoms with van der Waals surface area (Å²) < 4.78 is 13.6. The highest BCUT2D eigenvalue weighted by Gasteiger charge is 2.13. The van der Waals surface area contributed by atoms with Crippen molar-refractivity contribution in [3.8, 4) is 0 Å². The molecule has 0 aliphatic carbocycles. The fourth-order valence-corrected chi connectivity index (χ4v) is 2.01. The lowest BCUT2D eigenvalue weighted by atomic mass is 10.1. The van der Waals surface area contributed by atoms with Crippen LogP contribution in [0, 0.1) is 5.82 Å². The van der Waals surface area contributed by atoms with Crippen molar-refractivity contribution in [2.75, 3.05) is 0 Å². The Morgan fingerprint density at radius 2 is 2.00 bits per heavy atom. The second-order valence-electron chi connectivity index (χ2n) is 5.91. The third kappa shape index (κ3) is 3.76. The number of rotatable bonds is 3. The molecule has 0 saturated carbocycles. The number of nitrogens with zero attached hydrogens (tertiary/aromatic N) is 1. The number of pyridine rings is 1. The lowest BCUT2D eigenvalue weighted by Crippen LogP contribution is -2.40. The standard InChI is InChI=1S/C16H19FN2O/c1-16(2,3)19-14(20)10-9-12-8-7-11-5-4-6-13(17)15(11)18-12/h4-8H,9-10H2,1-3H3,(H,19,20). The predicted molar refractivity (Wildman–Crippen MR) is 77.9 cm³/mol. The van der Waals surface area contributed by atoms with E-state index in [4.69, 9.17) is 0 Å². The molecule has 2 rings (SSSR count). The fraction of sp³-hybridized carbons (Fsp3) is 0.375. The minimum absolute atomic E-state index is 0.0204. The SMILES string of the molecule is CC(C)(C)NC(=O)CCc1ccc2cccc(F)c2n1. The number of para-hydroxylation sites is 1. The molecule has 0 unspecified atom stereocenters. The maximum atomic E-state index is 13.6. The number of nitrogens with one attached hydrogen (secondary N) is 1. The minimum Gasteiger partial charge on any atom is -0.351 e. The van der Waals surface area contributed by atoms with Gasteiger partial charge >= 0.3 is 0 Å². The van der Waals surface area contributed by atoms with E-state index < -0.39 is 0 Å². The van der Waals surface area contributed by atoms with E-state index >= 15 is 0 Å². The van der Waals surface area contributed by atoms with Crippen LogP contribution in [0.2, 0.25) is 0 Å². The summed E-state index contributed by atoms with van der Waals surface area (Å²) in [4.78, 5) is 16.0. The van der Waals surface area contributed by atoms with E-state index in [1.54, 1.807) is 6.07 Å². The molecule has 1 aromatic carbocycles. The van der Waals surface area contributed by atoms with Gasteiger partial charge in [0.1, 0.15) is 11.3 Å². The first-order valence-electron chi connectivity index (χ1n) is 6.70. The molecule has 106 valence electrons. The van der Waals surface area contributed by atoms with Gasteiger partial charge in [-0.2, -0.15) is 0 Å². The summed E-state index contributed by atoms with van der Waals surface area (Å²) in [5.41, 5.74) is 0.855. The highest BCUT2D eigenvalue weighted by Crippen LogP contribution is 2.16. The number of aromatic nitrogens is 1. The van der Waals surface area contributed by atoms with Crippen molar-refractivity contribution in [2.45, 2.75) is 39.2 Å². The lowest BCUT2D eigenvalue weighted by Gasteiger charge is -2.20. The van der Waals surface area contributed by atoms with Crippen molar-refractivity contribution in [1.82, 2.24) is 10.3 Å². The highest BCUT2D eigenvalue weighted by atomic mass is 19.1. The van der Waals surface area contributed by atoms with Gasteiger partial charge in [-0.25, -0.2) is 9.37 Å². The molecule has 1 aromatic heterocycles. The van der Waals surface area contributed by atoms with Crippen LogP contribution in [0.5, 0.6) is 0 Å². The molecular weight excluding hydrogens is 255 g/mol. The third-order valence-corrected chi connectivity index (χ3v) is 2.85. The molecule has 1 amide bonds. The largest absolute Gasteiger partial charge is 0.351 e. The highest BCUT2D eigenvalue weighted by molar-refractivity contribution is 5.79. The number of halogens is 1. The van der Waals surface area contributed by atoms with Crippen LogP contribution in [0.25, 0.3) is 10.9 Å². The van der Waals surface area contributed by atoms with Crippen molar-refractivity contribution < 1.29 is 9.18 Å². The van der Waals surface area contributed by atoms with Gasteiger partial charge in [-0.1, -0.05) is 18.2 Å². The van der Waals surface area contributed by atoms with Gasteiger partial charge in [-0.3, -0.25) is 4.79 Å². The minimum atomic E-state index is -0.330. The van der Waals surface area contributed by atoms with Gasteiger partial charge < -0.3 is 5.32 Å². The maximum Gasteiger partial charge on any atom is 0.220 e. The Hall–Kier alpha value is -1.97. The zero-order valence-corrected chi connectivity index (χ0v) is 12.0. The first kappa shape index (κ1) is 14.4. The van der Waals surface area contributed by atoms with E-state index in [1.807, 2.05) is 39.0 Å². The van der Waals surface area contributed by atoms with Crippen molar-refractivity contribution in [3.63, 3.8) is 0 Å². The number of carbonyl (C=O) groups excluding carboxylic acids is 1. The van der Waals surface area contributed by atoms with E-state index in [-0.39, 0.29) is 17.3 Å². The van der Waals surface area contributed by atoms with Gasteiger partial charge in [-0.05, 0) is 39.3 Å². The summed E-state index contributed by atoms with van der Waals surface area (Å²) in [6, 6.07) is 8.55. The first-order chi connectivity index (χ1) is 9.35. The average Bonchev–Trinajstić information content (AvgIpc) is 2.35. The van der Waals surface area contributed by atoms with Crippen molar-refractivity contribution in [3.05, 3.63) is 41.8 Å². The molecule has 3 nitrogen and oxygen atoms in total. The Morgan fingerprint density at radius 3 is 2.70 bits per heavy atom. The Kier molecular flexibility index (Phi) is 4.02. The quantitative estimate of drug-likeness (QED) is 0.933. The van der Waals surface area contributed by atoms with Crippen LogP contribution >= 0.6 is 0 Å². The number of benzene rings is 1. The Morgan fingerprint density at radius 1 is 1.25 bits per heavy atom. The van der Waals surface area contributed by atoms with E-state index in [2.05, 4.69) is 10.3 Å². The molecule has 20 heavy (non-hydrogen) atoms. The summed E-state index contributed by atoms with van der Waals surface area (Å²) in [5, 5.41) is 3.67. The van der Waals surface area contributed by atoms with E-state index in [1.165, 1.54) is 6.07 Å². The number of amides is 1. The van der Waals surface area contributed by atoms with Gasteiger partial charge in [0.25, 0.3) is 0 Å². The van der Waals surface area contributed by atoms with Crippen molar-refractivity contribution in [1.29, 1.82) is 0 Å². The molecule has 0 aliphatic rings. The first-order valence-corrected chi connectivity index (χ1v) is 6.70. The van der Waals surface area contributed by atoms with Gasteiger partial charge in [0, 0.05) is 23.0 Å². The van der Waals surface area contributed by atoms with Crippen LogP contribution in [0.4, 0.5) is 4.39 Å². The van der Waals surface area contributed by atoms with Gasteiger partial charge in [-0.15, -0.1) is 0 Å². The Balaban J connectivity index is 2.07. The van der Waals surface area contributed by atoms with Crippen molar-refractivity contribution >= 4 is 16.8 Å². The monoisotopic (exact) mass is 274 g/mol. The molecule has 0 spiro atoms. The molecule has 0 radical (unpaired) electrons. The number of aryl methyl sites for hydroxylation is 1. The third-order valence-electron chi connectivity index (χ3n) is 2.85. The van der Waals surface area contributed by atoms with Crippen LogP contribution in [-0.2, 0) is 11.2 Å². The van der Waals surface area contributed by atoms with Gasteiger partial charge in [0.15, 0.2) is 0 Å². The number of hydrogen-bond donors (Lipinski definition) is 1. The Labute approximate surface area is 118 Å². The molecule has 0 bridgehead atoms.